The van der Waals surface area contributed by atoms with Crippen molar-refractivity contribution in [2.24, 2.45) is 11.3 Å². The normalized spacial score (nSPS) is 25.1. The number of carboxylic acids is 1. The zero-order valence-electron chi connectivity index (χ0n) is 15.7. The molecule has 27 heavy (non-hydrogen) atoms. The van der Waals surface area contributed by atoms with Crippen LogP contribution >= 0.6 is 11.8 Å². The minimum atomic E-state index is -0.780. The van der Waals surface area contributed by atoms with E-state index < -0.39 is 11.4 Å². The zero-order chi connectivity index (χ0) is 19.6. The molecule has 2 fully saturated rings. The van der Waals surface area contributed by atoms with Crippen molar-refractivity contribution in [3.63, 3.8) is 0 Å². The molecule has 0 bridgehead atoms. The fourth-order valence-electron chi connectivity index (χ4n) is 4.17. The first-order valence-electron chi connectivity index (χ1n) is 9.32. The van der Waals surface area contributed by atoms with E-state index in [0.717, 1.165) is 24.1 Å². The highest BCUT2D eigenvalue weighted by Crippen LogP contribution is 2.49. The van der Waals surface area contributed by atoms with Gasteiger partial charge in [0, 0.05) is 18.8 Å². The largest absolute Gasteiger partial charge is 0.481 e. The Morgan fingerprint density at radius 3 is 2.67 bits per heavy atom. The smallest absolute Gasteiger partial charge is 0.311 e. The van der Waals surface area contributed by atoms with E-state index in [0.29, 0.717) is 19.5 Å². The second-order valence-corrected chi connectivity index (χ2v) is 8.97. The van der Waals surface area contributed by atoms with Gasteiger partial charge in [-0.15, -0.1) is 11.8 Å². The van der Waals surface area contributed by atoms with Crippen LogP contribution < -0.4 is 5.32 Å². The van der Waals surface area contributed by atoms with Crippen LogP contribution in [0.25, 0.3) is 0 Å². The number of nitrogens with one attached hydrogen (secondary N) is 1. The van der Waals surface area contributed by atoms with Gasteiger partial charge in [0.25, 0.3) is 0 Å². The van der Waals surface area contributed by atoms with Crippen molar-refractivity contribution in [3.05, 3.63) is 29.8 Å². The van der Waals surface area contributed by atoms with E-state index in [1.807, 2.05) is 31.2 Å². The number of hydrogen-bond acceptors (Lipinski definition) is 4. The number of rotatable bonds is 6. The highest BCUT2D eigenvalue weighted by Gasteiger charge is 2.56. The average Bonchev–Trinajstić information content (AvgIpc) is 3.19. The van der Waals surface area contributed by atoms with E-state index in [9.17, 15) is 19.5 Å². The molecule has 1 aliphatic heterocycles. The minimum Gasteiger partial charge on any atom is -0.481 e. The van der Waals surface area contributed by atoms with E-state index in [1.54, 1.807) is 11.8 Å². The Balaban J connectivity index is 1.50. The molecule has 1 heterocycles. The van der Waals surface area contributed by atoms with E-state index in [-0.39, 0.29) is 28.7 Å². The number of carbonyl (C=O) groups is 3. The number of amides is 2. The second-order valence-electron chi connectivity index (χ2n) is 7.64. The van der Waals surface area contributed by atoms with Gasteiger partial charge in [0.2, 0.25) is 11.8 Å². The molecule has 3 rings (SSSR count). The fourth-order valence-corrected chi connectivity index (χ4v) is 4.93. The van der Waals surface area contributed by atoms with Gasteiger partial charge in [-0.3, -0.25) is 14.4 Å². The molecule has 1 aromatic carbocycles. The van der Waals surface area contributed by atoms with Crippen LogP contribution in [0.1, 0.15) is 31.7 Å². The van der Waals surface area contributed by atoms with Gasteiger partial charge in [-0.05, 0) is 44.7 Å². The summed E-state index contributed by atoms with van der Waals surface area (Å²) in [6.45, 7) is 4.58. The van der Waals surface area contributed by atoms with Crippen LogP contribution in [0.15, 0.2) is 24.3 Å². The molecule has 1 saturated heterocycles. The van der Waals surface area contributed by atoms with Crippen LogP contribution in [0.5, 0.6) is 0 Å². The van der Waals surface area contributed by atoms with Crippen molar-refractivity contribution >= 4 is 35.2 Å². The molecule has 2 amide bonds. The standard InChI is InChI=1S/C20H26N2O4S/c1-13-5-7-16(8-6-13)21-17(23)11-27-14(2)18(24)22-10-15-4-3-9-20(15,12-22)19(25)26/h5-8,14-15H,3-4,9-12H2,1-2H3,(H,21,23)(H,25,26)/t14?,15-,20+/m0/s1. The maximum atomic E-state index is 12.7. The van der Waals surface area contributed by atoms with Crippen LogP contribution in [-0.2, 0) is 14.4 Å². The molecule has 0 aromatic heterocycles. The second kappa shape index (κ2) is 7.92. The van der Waals surface area contributed by atoms with Crippen LogP contribution in [0, 0.1) is 18.3 Å². The third-order valence-electron chi connectivity index (χ3n) is 5.76. The first-order valence-corrected chi connectivity index (χ1v) is 10.4. The third-order valence-corrected chi connectivity index (χ3v) is 6.89. The highest BCUT2D eigenvalue weighted by molar-refractivity contribution is 8.01. The minimum absolute atomic E-state index is 0.0565. The number of aryl methyl sites for hydroxylation is 1. The Labute approximate surface area is 163 Å². The molecule has 7 heteroatoms. The molecule has 1 unspecified atom stereocenters. The van der Waals surface area contributed by atoms with Crippen molar-refractivity contribution in [2.45, 2.75) is 38.4 Å². The highest BCUT2D eigenvalue weighted by atomic mass is 32.2. The van der Waals surface area contributed by atoms with Gasteiger partial charge in [-0.25, -0.2) is 0 Å². The summed E-state index contributed by atoms with van der Waals surface area (Å²) in [7, 11) is 0. The van der Waals surface area contributed by atoms with E-state index in [1.165, 1.54) is 11.8 Å². The molecule has 1 saturated carbocycles. The summed E-state index contributed by atoms with van der Waals surface area (Å²) in [6, 6.07) is 7.55. The molecule has 0 radical (unpaired) electrons. The Kier molecular flexibility index (Phi) is 5.79. The number of benzene rings is 1. The van der Waals surface area contributed by atoms with E-state index in [2.05, 4.69) is 5.32 Å². The summed E-state index contributed by atoms with van der Waals surface area (Å²) in [5, 5.41) is 12.1. The van der Waals surface area contributed by atoms with Crippen LogP contribution in [0.3, 0.4) is 0 Å². The molecule has 146 valence electrons. The quantitative estimate of drug-likeness (QED) is 0.780. The van der Waals surface area contributed by atoms with Gasteiger partial charge in [0.05, 0.1) is 16.4 Å². The van der Waals surface area contributed by atoms with Crippen molar-refractivity contribution in [1.82, 2.24) is 4.90 Å². The third kappa shape index (κ3) is 4.13. The molecule has 1 aliphatic carbocycles. The van der Waals surface area contributed by atoms with Gasteiger partial charge in [-0.1, -0.05) is 24.1 Å². The number of fused-ring (bicyclic) bond motifs is 1. The van der Waals surface area contributed by atoms with Gasteiger partial charge in [0.15, 0.2) is 0 Å². The predicted molar refractivity (Wildman–Crippen MR) is 106 cm³/mol. The van der Waals surface area contributed by atoms with Crippen molar-refractivity contribution in [1.29, 1.82) is 0 Å². The number of nitrogens with zero attached hydrogens (tertiary/aromatic N) is 1. The van der Waals surface area contributed by atoms with Crippen molar-refractivity contribution in [3.8, 4) is 0 Å². The van der Waals surface area contributed by atoms with Crippen LogP contribution in [0.2, 0.25) is 0 Å². The maximum Gasteiger partial charge on any atom is 0.311 e. The molecule has 0 spiro atoms. The lowest BCUT2D eigenvalue weighted by Crippen LogP contribution is -2.39. The van der Waals surface area contributed by atoms with Gasteiger partial charge >= 0.3 is 5.97 Å². The van der Waals surface area contributed by atoms with Crippen molar-refractivity contribution in [2.75, 3.05) is 24.2 Å². The zero-order valence-corrected chi connectivity index (χ0v) is 16.6. The Morgan fingerprint density at radius 2 is 2.04 bits per heavy atom. The lowest BCUT2D eigenvalue weighted by atomic mass is 9.81. The molecule has 6 nitrogen and oxygen atoms in total. The number of carbonyl (C=O) groups excluding carboxylic acids is 2. The number of anilines is 1. The first kappa shape index (κ1) is 19.7. The lowest BCUT2D eigenvalue weighted by Gasteiger charge is -2.24. The van der Waals surface area contributed by atoms with E-state index in [4.69, 9.17) is 0 Å². The molecule has 2 N–H and O–H groups in total. The fraction of sp³-hybridized carbons (Fsp3) is 0.550. The molecule has 3 atom stereocenters. The Hall–Kier alpha value is -2.02. The lowest BCUT2D eigenvalue weighted by molar-refractivity contribution is -0.149. The van der Waals surface area contributed by atoms with Crippen LogP contribution in [-0.4, -0.2) is 51.9 Å². The number of carboxylic acid groups (broad SMARTS) is 1. The SMILES string of the molecule is Cc1ccc(NC(=O)CSC(C)C(=O)N2C[C@@H]3CCC[C@@]3(C(=O)O)C2)cc1. The molecule has 2 aliphatic rings. The maximum absolute atomic E-state index is 12.7. The summed E-state index contributed by atoms with van der Waals surface area (Å²) >= 11 is 1.29. The molecular weight excluding hydrogens is 364 g/mol. The molecule has 1 aromatic rings. The number of thioether (sulfide) groups is 1. The topological polar surface area (TPSA) is 86.7 Å². The first-order chi connectivity index (χ1) is 12.8. The van der Waals surface area contributed by atoms with Gasteiger partial charge in [-0.2, -0.15) is 0 Å². The predicted octanol–water partition coefficient (Wildman–Crippen LogP) is 2.77. The Bertz CT molecular complexity index is 736. The van der Waals surface area contributed by atoms with Gasteiger partial charge < -0.3 is 15.3 Å². The summed E-state index contributed by atoms with van der Waals surface area (Å²) in [5.74, 6) is -0.761. The number of aliphatic carboxylic acids is 1. The summed E-state index contributed by atoms with van der Waals surface area (Å²) in [4.78, 5) is 38.3. The van der Waals surface area contributed by atoms with Gasteiger partial charge in [0.1, 0.15) is 0 Å². The monoisotopic (exact) mass is 390 g/mol. The van der Waals surface area contributed by atoms with Crippen molar-refractivity contribution < 1.29 is 19.5 Å². The van der Waals surface area contributed by atoms with Crippen LogP contribution in [0.4, 0.5) is 5.69 Å². The molecular formula is C20H26N2O4S. The summed E-state index contributed by atoms with van der Waals surface area (Å²) in [6.07, 6.45) is 2.44. The summed E-state index contributed by atoms with van der Waals surface area (Å²) < 4.78 is 0. The van der Waals surface area contributed by atoms with E-state index >= 15 is 0 Å². The Morgan fingerprint density at radius 1 is 1.33 bits per heavy atom. The average molecular weight is 391 g/mol. The number of likely N-dealkylation sites (tertiary alicyclic amines) is 1. The summed E-state index contributed by atoms with van der Waals surface area (Å²) in [5.41, 5.74) is 1.10. The number of hydrogen-bond donors (Lipinski definition) is 2.